The molecule has 0 saturated carbocycles. The first-order valence-corrected chi connectivity index (χ1v) is 9.82. The number of para-hydroxylation sites is 2. The summed E-state index contributed by atoms with van der Waals surface area (Å²) in [7, 11) is 0. The number of nitrogens with one attached hydrogen (secondary N) is 1. The van der Waals surface area contributed by atoms with Crippen LogP contribution in [0.1, 0.15) is 44.4 Å². The van der Waals surface area contributed by atoms with Gasteiger partial charge in [-0.2, -0.15) is 0 Å². The van der Waals surface area contributed by atoms with Gasteiger partial charge in [-0.25, -0.2) is 4.98 Å². The van der Waals surface area contributed by atoms with E-state index in [-0.39, 0.29) is 30.0 Å². The molecule has 0 bridgehead atoms. The Kier molecular flexibility index (Phi) is 6.24. The number of rotatable bonds is 7. The fourth-order valence-electron chi connectivity index (χ4n) is 3.46. The summed E-state index contributed by atoms with van der Waals surface area (Å²) in [4.78, 5) is 29.2. The fraction of sp³-hybridized carbons (Fsp3) is 0.348. The lowest BCUT2D eigenvalue weighted by molar-refractivity contribution is -0.122. The summed E-state index contributed by atoms with van der Waals surface area (Å²) in [6.07, 6.45) is 3.43. The Bertz CT molecular complexity index is 1010. The van der Waals surface area contributed by atoms with Crippen LogP contribution in [-0.4, -0.2) is 15.5 Å². The van der Waals surface area contributed by atoms with Crippen molar-refractivity contribution in [3.8, 4) is 0 Å². The van der Waals surface area contributed by atoms with Gasteiger partial charge in [0, 0.05) is 0 Å². The fourth-order valence-corrected chi connectivity index (χ4v) is 3.46. The lowest BCUT2D eigenvalue weighted by atomic mass is 9.94. The Balaban J connectivity index is 1.80. The lowest BCUT2D eigenvalue weighted by Crippen LogP contribution is -2.36. The molecular formula is C23H27N3O2. The zero-order valence-corrected chi connectivity index (χ0v) is 16.7. The first kappa shape index (κ1) is 19.8. The molecule has 0 fully saturated rings. The van der Waals surface area contributed by atoms with E-state index in [0.717, 1.165) is 18.4 Å². The highest BCUT2D eigenvalue weighted by Crippen LogP contribution is 2.22. The predicted molar refractivity (Wildman–Crippen MR) is 112 cm³/mol. The molecule has 5 heteroatoms. The SMILES string of the molecule is CCCc1ccc([C@@H](NC(=O)Cn2c(=O)cnc3ccccc32)C(C)C)cc1. The third-order valence-electron chi connectivity index (χ3n) is 4.92. The van der Waals surface area contributed by atoms with Crippen molar-refractivity contribution in [2.75, 3.05) is 0 Å². The maximum Gasteiger partial charge on any atom is 0.269 e. The van der Waals surface area contributed by atoms with Gasteiger partial charge in [-0.1, -0.05) is 63.6 Å². The molecule has 0 saturated heterocycles. The number of carbonyl (C=O) groups excluding carboxylic acids is 1. The molecule has 0 aliphatic carbocycles. The van der Waals surface area contributed by atoms with Gasteiger partial charge in [-0.3, -0.25) is 14.2 Å². The highest BCUT2D eigenvalue weighted by Gasteiger charge is 2.19. The lowest BCUT2D eigenvalue weighted by Gasteiger charge is -2.23. The zero-order chi connectivity index (χ0) is 20.1. The number of benzene rings is 2. The normalized spacial score (nSPS) is 12.3. The largest absolute Gasteiger partial charge is 0.347 e. The topological polar surface area (TPSA) is 64.0 Å². The third kappa shape index (κ3) is 4.47. The second-order valence-corrected chi connectivity index (χ2v) is 7.45. The first-order valence-electron chi connectivity index (χ1n) is 9.82. The number of nitrogens with zero attached hydrogens (tertiary/aromatic N) is 2. The molecular weight excluding hydrogens is 350 g/mol. The number of aryl methyl sites for hydroxylation is 1. The van der Waals surface area contributed by atoms with Crippen molar-refractivity contribution in [2.45, 2.75) is 46.2 Å². The summed E-state index contributed by atoms with van der Waals surface area (Å²) in [6.45, 7) is 6.30. The number of aromatic nitrogens is 2. The van der Waals surface area contributed by atoms with Crippen molar-refractivity contribution in [3.63, 3.8) is 0 Å². The van der Waals surface area contributed by atoms with Gasteiger partial charge in [-0.15, -0.1) is 0 Å². The van der Waals surface area contributed by atoms with Crippen LogP contribution in [0.3, 0.4) is 0 Å². The summed E-state index contributed by atoms with van der Waals surface area (Å²) in [5.41, 5.74) is 3.46. The van der Waals surface area contributed by atoms with Crippen molar-refractivity contribution in [2.24, 2.45) is 5.92 Å². The average Bonchev–Trinajstić information content (AvgIpc) is 2.69. The van der Waals surface area contributed by atoms with Gasteiger partial charge in [0.05, 0.1) is 23.3 Å². The third-order valence-corrected chi connectivity index (χ3v) is 4.92. The van der Waals surface area contributed by atoms with Crippen LogP contribution in [0.5, 0.6) is 0 Å². The molecule has 0 aliphatic rings. The van der Waals surface area contributed by atoms with Crippen LogP contribution in [-0.2, 0) is 17.8 Å². The second-order valence-electron chi connectivity index (χ2n) is 7.45. The highest BCUT2D eigenvalue weighted by atomic mass is 16.2. The standard InChI is InChI=1S/C23H27N3O2/c1-4-7-17-10-12-18(13-11-17)23(16(2)3)25-21(27)15-26-20-9-6-5-8-19(20)24-14-22(26)28/h5-6,8-14,16,23H,4,7,15H2,1-3H3,(H,25,27)/t23-/m0/s1. The monoisotopic (exact) mass is 377 g/mol. The molecule has 1 N–H and O–H groups in total. The van der Waals surface area contributed by atoms with Crippen LogP contribution in [0.4, 0.5) is 0 Å². The number of fused-ring (bicyclic) bond motifs is 1. The van der Waals surface area contributed by atoms with Gasteiger partial charge < -0.3 is 5.32 Å². The summed E-state index contributed by atoms with van der Waals surface area (Å²) in [6, 6.07) is 15.7. The molecule has 1 aromatic heterocycles. The van der Waals surface area contributed by atoms with E-state index < -0.39 is 0 Å². The second kappa shape index (κ2) is 8.83. The van der Waals surface area contributed by atoms with E-state index in [1.165, 1.54) is 16.3 Å². The molecule has 0 spiro atoms. The first-order chi connectivity index (χ1) is 13.5. The molecule has 0 unspecified atom stereocenters. The molecule has 3 aromatic rings. The van der Waals surface area contributed by atoms with Crippen molar-refractivity contribution in [3.05, 3.63) is 76.2 Å². The Morgan fingerprint density at radius 1 is 1.11 bits per heavy atom. The molecule has 3 rings (SSSR count). The number of carbonyl (C=O) groups is 1. The number of hydrogen-bond acceptors (Lipinski definition) is 3. The van der Waals surface area contributed by atoms with Crippen LogP contribution in [0, 0.1) is 5.92 Å². The highest BCUT2D eigenvalue weighted by molar-refractivity contribution is 5.80. The number of amides is 1. The van der Waals surface area contributed by atoms with Gasteiger partial charge in [0.15, 0.2) is 0 Å². The van der Waals surface area contributed by atoms with Gasteiger partial charge in [0.25, 0.3) is 5.56 Å². The van der Waals surface area contributed by atoms with E-state index in [0.29, 0.717) is 11.0 Å². The van der Waals surface area contributed by atoms with Crippen LogP contribution < -0.4 is 10.9 Å². The van der Waals surface area contributed by atoms with Crippen molar-refractivity contribution >= 4 is 16.9 Å². The maximum atomic E-state index is 12.8. The smallest absolute Gasteiger partial charge is 0.269 e. The van der Waals surface area contributed by atoms with Crippen LogP contribution in [0.2, 0.25) is 0 Å². The Morgan fingerprint density at radius 2 is 1.82 bits per heavy atom. The van der Waals surface area contributed by atoms with Gasteiger partial charge in [0.1, 0.15) is 6.54 Å². The molecule has 0 aliphatic heterocycles. The molecule has 1 heterocycles. The number of hydrogen-bond donors (Lipinski definition) is 1. The van der Waals surface area contributed by atoms with E-state index in [1.54, 1.807) is 0 Å². The van der Waals surface area contributed by atoms with Crippen LogP contribution >= 0.6 is 0 Å². The van der Waals surface area contributed by atoms with E-state index in [4.69, 9.17) is 0 Å². The molecule has 146 valence electrons. The zero-order valence-electron chi connectivity index (χ0n) is 16.7. The molecule has 1 amide bonds. The van der Waals surface area contributed by atoms with Gasteiger partial charge in [0.2, 0.25) is 5.91 Å². The summed E-state index contributed by atoms with van der Waals surface area (Å²) >= 11 is 0. The summed E-state index contributed by atoms with van der Waals surface area (Å²) < 4.78 is 1.47. The van der Waals surface area contributed by atoms with Gasteiger partial charge in [-0.05, 0) is 35.6 Å². The Morgan fingerprint density at radius 3 is 2.50 bits per heavy atom. The molecule has 1 atom stereocenters. The molecule has 28 heavy (non-hydrogen) atoms. The van der Waals surface area contributed by atoms with E-state index in [2.05, 4.69) is 55.3 Å². The molecule has 2 aromatic carbocycles. The van der Waals surface area contributed by atoms with E-state index >= 15 is 0 Å². The molecule has 5 nitrogen and oxygen atoms in total. The predicted octanol–water partition coefficient (Wildman–Crippen LogP) is 3.86. The van der Waals surface area contributed by atoms with Crippen LogP contribution in [0.15, 0.2) is 59.5 Å². The summed E-state index contributed by atoms with van der Waals surface area (Å²) in [5.74, 6) is 0.0432. The molecule has 0 radical (unpaired) electrons. The maximum absolute atomic E-state index is 12.8. The van der Waals surface area contributed by atoms with E-state index in [9.17, 15) is 9.59 Å². The Labute approximate surface area is 165 Å². The Hall–Kier alpha value is -2.95. The minimum absolute atomic E-state index is 0.0288. The van der Waals surface area contributed by atoms with Crippen molar-refractivity contribution < 1.29 is 4.79 Å². The quantitative estimate of drug-likeness (QED) is 0.680. The van der Waals surface area contributed by atoms with Gasteiger partial charge >= 0.3 is 0 Å². The minimum Gasteiger partial charge on any atom is -0.347 e. The van der Waals surface area contributed by atoms with Crippen molar-refractivity contribution in [1.82, 2.24) is 14.9 Å². The van der Waals surface area contributed by atoms with Crippen molar-refractivity contribution in [1.29, 1.82) is 0 Å². The van der Waals surface area contributed by atoms with E-state index in [1.807, 2.05) is 24.3 Å². The minimum atomic E-state index is -0.279. The van der Waals surface area contributed by atoms with Crippen LogP contribution in [0.25, 0.3) is 11.0 Å². The summed E-state index contributed by atoms with van der Waals surface area (Å²) in [5, 5.41) is 3.11. The average molecular weight is 377 g/mol.